The molecule has 0 radical (unpaired) electrons. The van der Waals surface area contributed by atoms with E-state index in [-0.39, 0.29) is 11.0 Å². The van der Waals surface area contributed by atoms with Gasteiger partial charge in [-0.15, -0.1) is 0 Å². The van der Waals surface area contributed by atoms with Gasteiger partial charge in [-0.05, 0) is 72.2 Å². The SMILES string of the molecule is CCO[Si](CCSSSSCC[Si](OCC)(OCC)OCC)(OCC)OCC.[SiH4]. The zero-order chi connectivity index (χ0) is 21.1. The first-order chi connectivity index (χ1) is 13.6. The van der Waals surface area contributed by atoms with Crippen LogP contribution >= 0.6 is 41.2 Å². The highest BCUT2D eigenvalue weighted by Crippen LogP contribution is 2.44. The zero-order valence-electron chi connectivity index (χ0n) is 18.2. The maximum atomic E-state index is 5.88. The molecule has 0 spiro atoms. The molecule has 29 heavy (non-hydrogen) atoms. The lowest BCUT2D eigenvalue weighted by molar-refractivity contribution is 0.0721. The van der Waals surface area contributed by atoms with Crippen molar-refractivity contribution in [1.29, 1.82) is 0 Å². The van der Waals surface area contributed by atoms with Crippen LogP contribution in [0.1, 0.15) is 41.5 Å². The van der Waals surface area contributed by atoms with E-state index in [0.717, 1.165) is 23.6 Å². The molecule has 0 aromatic carbocycles. The van der Waals surface area contributed by atoms with Crippen LogP contribution in [0.2, 0.25) is 12.1 Å². The van der Waals surface area contributed by atoms with Crippen molar-refractivity contribution in [2.45, 2.75) is 53.6 Å². The smallest absolute Gasteiger partial charge is 0.374 e. The Bertz CT molecular complexity index is 299. The third-order valence-corrected chi connectivity index (χ3v) is 16.6. The Balaban J connectivity index is 0. The van der Waals surface area contributed by atoms with E-state index in [1.165, 1.54) is 0 Å². The molecule has 0 atom stereocenters. The fraction of sp³-hybridized carbons (Fsp3) is 1.00. The Hall–Kier alpha value is 1.81. The molecule has 0 rings (SSSR count). The Kier molecular flexibility index (Phi) is 24.6. The average molecular weight is 543 g/mol. The van der Waals surface area contributed by atoms with Gasteiger partial charge < -0.3 is 26.6 Å². The van der Waals surface area contributed by atoms with Crippen LogP contribution in [0.4, 0.5) is 0 Å². The Morgan fingerprint density at radius 1 is 0.483 bits per heavy atom. The zero-order valence-corrected chi connectivity index (χ0v) is 23.4. The van der Waals surface area contributed by atoms with Crippen molar-refractivity contribution < 1.29 is 26.6 Å². The Morgan fingerprint density at radius 3 is 0.931 bits per heavy atom. The standard InChI is InChI=1S/C16H38O6S4Si2.H4Si/c1-7-17-27(18-8-2,19-9-3)15-13-23-25-26-24-14-16-28(20-10-4,21-11-5)22-12-6;/h7-16H2,1-6H3;1H4. The van der Waals surface area contributed by atoms with E-state index in [9.17, 15) is 0 Å². The molecule has 0 heterocycles. The predicted molar refractivity (Wildman–Crippen MR) is 142 cm³/mol. The summed E-state index contributed by atoms with van der Waals surface area (Å²) < 4.78 is 35.3. The molecule has 0 aromatic rings. The van der Waals surface area contributed by atoms with Crippen molar-refractivity contribution in [3.8, 4) is 0 Å². The molecule has 0 aliphatic carbocycles. The summed E-state index contributed by atoms with van der Waals surface area (Å²) in [6.45, 7) is 15.7. The van der Waals surface area contributed by atoms with Gasteiger partial charge >= 0.3 is 17.6 Å². The van der Waals surface area contributed by atoms with Gasteiger partial charge in [0, 0.05) is 63.2 Å². The summed E-state index contributed by atoms with van der Waals surface area (Å²) in [4.78, 5) is 0. The van der Waals surface area contributed by atoms with Crippen LogP contribution < -0.4 is 0 Å². The van der Waals surface area contributed by atoms with Crippen LogP contribution in [0.15, 0.2) is 0 Å². The molecule has 0 amide bonds. The molecule has 0 fully saturated rings. The van der Waals surface area contributed by atoms with E-state index in [1.807, 2.05) is 63.1 Å². The molecule has 0 N–H and O–H groups in total. The van der Waals surface area contributed by atoms with Gasteiger partial charge in [0.1, 0.15) is 0 Å². The van der Waals surface area contributed by atoms with Crippen LogP contribution in [0.3, 0.4) is 0 Å². The average Bonchev–Trinajstić information content (AvgIpc) is 2.65. The Morgan fingerprint density at radius 2 is 0.724 bits per heavy atom. The summed E-state index contributed by atoms with van der Waals surface area (Å²) in [6.07, 6.45) is 0. The Labute approximate surface area is 200 Å². The minimum Gasteiger partial charge on any atom is -0.374 e. The monoisotopic (exact) mass is 542 g/mol. The van der Waals surface area contributed by atoms with E-state index in [0.29, 0.717) is 39.6 Å². The van der Waals surface area contributed by atoms with Gasteiger partial charge in [0.2, 0.25) is 0 Å². The highest BCUT2D eigenvalue weighted by atomic mass is 33.7. The van der Waals surface area contributed by atoms with Gasteiger partial charge in [0.15, 0.2) is 0 Å². The van der Waals surface area contributed by atoms with Crippen molar-refractivity contribution in [3.05, 3.63) is 0 Å². The molecule has 0 saturated heterocycles. The molecule has 0 aromatic heterocycles. The highest BCUT2D eigenvalue weighted by Gasteiger charge is 2.40. The van der Waals surface area contributed by atoms with Crippen molar-refractivity contribution in [2.24, 2.45) is 0 Å². The molecule has 0 bridgehead atoms. The number of hydrogen-bond donors (Lipinski definition) is 0. The second-order valence-corrected chi connectivity index (χ2v) is 16.9. The molecule has 0 unspecified atom stereocenters. The molecule has 6 nitrogen and oxygen atoms in total. The molecule has 13 heteroatoms. The summed E-state index contributed by atoms with van der Waals surface area (Å²) in [5.41, 5.74) is 0. The lowest BCUT2D eigenvalue weighted by atomic mass is 10.9. The largest absolute Gasteiger partial charge is 0.501 e. The minimum absolute atomic E-state index is 0. The van der Waals surface area contributed by atoms with Crippen LogP contribution in [0, 0.1) is 0 Å². The van der Waals surface area contributed by atoms with E-state index in [2.05, 4.69) is 0 Å². The maximum Gasteiger partial charge on any atom is 0.501 e. The first-order valence-corrected chi connectivity index (χ1v) is 19.0. The van der Waals surface area contributed by atoms with Crippen molar-refractivity contribution in [2.75, 3.05) is 51.1 Å². The van der Waals surface area contributed by atoms with Crippen LogP contribution in [0.25, 0.3) is 0 Å². The third-order valence-electron chi connectivity index (χ3n) is 3.29. The summed E-state index contributed by atoms with van der Waals surface area (Å²) in [6, 6.07) is 1.67. The second-order valence-electron chi connectivity index (χ2n) is 5.24. The first kappa shape index (κ1) is 33.0. The molecular weight excluding hydrogens is 501 g/mol. The van der Waals surface area contributed by atoms with Gasteiger partial charge in [-0.1, -0.05) is 21.6 Å². The topological polar surface area (TPSA) is 55.4 Å². The lowest BCUT2D eigenvalue weighted by Crippen LogP contribution is -2.46. The van der Waals surface area contributed by atoms with Crippen LogP contribution in [-0.2, 0) is 26.6 Å². The van der Waals surface area contributed by atoms with Crippen molar-refractivity contribution >= 4 is 69.8 Å². The van der Waals surface area contributed by atoms with Gasteiger partial charge in [0.25, 0.3) is 0 Å². The maximum absolute atomic E-state index is 5.88. The summed E-state index contributed by atoms with van der Waals surface area (Å²) in [7, 11) is 2.17. The third kappa shape index (κ3) is 15.3. The summed E-state index contributed by atoms with van der Waals surface area (Å²) in [5, 5.41) is 0. The minimum atomic E-state index is -2.52. The van der Waals surface area contributed by atoms with Gasteiger partial charge in [-0.3, -0.25) is 0 Å². The first-order valence-electron chi connectivity index (χ1n) is 9.98. The molecule has 178 valence electrons. The summed E-state index contributed by atoms with van der Waals surface area (Å²) >= 11 is 0. The molecule has 0 aliphatic rings. The lowest BCUT2D eigenvalue weighted by Gasteiger charge is -2.28. The number of hydrogen-bond acceptors (Lipinski definition) is 10. The number of rotatable bonds is 21. The van der Waals surface area contributed by atoms with E-state index in [4.69, 9.17) is 26.6 Å². The molecular formula is C16H42O6S4Si3. The van der Waals surface area contributed by atoms with E-state index < -0.39 is 17.6 Å². The second kappa shape index (κ2) is 21.6. The van der Waals surface area contributed by atoms with Crippen LogP contribution in [0.5, 0.6) is 0 Å². The quantitative estimate of drug-likeness (QED) is 0.119. The summed E-state index contributed by atoms with van der Waals surface area (Å²) in [5.74, 6) is 1.89. The predicted octanol–water partition coefficient (Wildman–Crippen LogP) is 4.31. The van der Waals surface area contributed by atoms with Crippen molar-refractivity contribution in [1.82, 2.24) is 0 Å². The van der Waals surface area contributed by atoms with E-state index in [1.54, 1.807) is 19.7 Å². The molecule has 0 saturated carbocycles. The van der Waals surface area contributed by atoms with Gasteiger partial charge in [-0.2, -0.15) is 0 Å². The highest BCUT2D eigenvalue weighted by molar-refractivity contribution is 9.26. The van der Waals surface area contributed by atoms with E-state index >= 15 is 0 Å². The fourth-order valence-electron chi connectivity index (χ4n) is 2.44. The molecule has 0 aliphatic heterocycles. The van der Waals surface area contributed by atoms with Crippen LogP contribution in [-0.4, -0.2) is 79.7 Å². The van der Waals surface area contributed by atoms with Gasteiger partial charge in [-0.25, -0.2) is 0 Å². The van der Waals surface area contributed by atoms with Gasteiger partial charge in [0.05, 0.1) is 0 Å². The van der Waals surface area contributed by atoms with Crippen molar-refractivity contribution in [3.63, 3.8) is 0 Å². The normalized spacial score (nSPS) is 12.2. The fourth-order valence-corrected chi connectivity index (χ4v) is 15.5.